The van der Waals surface area contributed by atoms with Gasteiger partial charge in [-0.2, -0.15) is 0 Å². The number of carbonyl (C=O) groups excluding carboxylic acids is 1. The van der Waals surface area contributed by atoms with Crippen molar-refractivity contribution in [1.29, 1.82) is 0 Å². The lowest BCUT2D eigenvalue weighted by molar-refractivity contribution is -0.117. The monoisotopic (exact) mass is 356 g/mol. The van der Waals surface area contributed by atoms with Gasteiger partial charge in [0.2, 0.25) is 5.91 Å². The molecule has 3 aromatic heterocycles. The summed E-state index contributed by atoms with van der Waals surface area (Å²) in [5.74, 6) is -1.32. The van der Waals surface area contributed by atoms with Crippen LogP contribution >= 0.6 is 0 Å². The number of hydrogen-bond donors (Lipinski definition) is 2. The van der Waals surface area contributed by atoms with E-state index < -0.39 is 29.4 Å². The van der Waals surface area contributed by atoms with Gasteiger partial charge in [0.15, 0.2) is 0 Å². The minimum atomic E-state index is -1.10. The second kappa shape index (κ2) is 5.98. The van der Waals surface area contributed by atoms with Gasteiger partial charge in [-0.15, -0.1) is 0 Å². The van der Waals surface area contributed by atoms with E-state index in [0.29, 0.717) is 22.0 Å². The molecule has 1 saturated carbocycles. The van der Waals surface area contributed by atoms with Gasteiger partial charge in [0.25, 0.3) is 5.56 Å². The number of rotatable bonds is 3. The van der Waals surface area contributed by atoms with E-state index in [4.69, 9.17) is 0 Å². The third-order valence-corrected chi connectivity index (χ3v) is 4.47. The highest BCUT2D eigenvalue weighted by Crippen LogP contribution is 2.34. The van der Waals surface area contributed by atoms with Crippen molar-refractivity contribution >= 4 is 22.6 Å². The summed E-state index contributed by atoms with van der Waals surface area (Å²) in [6.07, 6.45) is 3.13. The molecule has 0 spiro atoms. The van der Waals surface area contributed by atoms with Gasteiger partial charge in [0.05, 0.1) is 17.6 Å². The van der Waals surface area contributed by atoms with Crippen molar-refractivity contribution in [1.82, 2.24) is 15.0 Å². The van der Waals surface area contributed by atoms with Gasteiger partial charge < -0.3 is 10.3 Å². The first-order valence-electron chi connectivity index (χ1n) is 8.02. The lowest BCUT2D eigenvalue weighted by atomic mass is 10.0. The minimum absolute atomic E-state index is 0.223. The highest BCUT2D eigenvalue weighted by Gasteiger charge is 2.43. The third kappa shape index (κ3) is 2.83. The molecule has 26 heavy (non-hydrogen) atoms. The number of aromatic nitrogens is 3. The number of anilines is 1. The first-order valence-corrected chi connectivity index (χ1v) is 8.02. The molecule has 1 aliphatic carbocycles. The fraction of sp³-hybridized carbons (Fsp3) is 0.222. The normalized spacial score (nSPS) is 18.7. The van der Waals surface area contributed by atoms with Crippen molar-refractivity contribution in [3.8, 4) is 11.1 Å². The predicted octanol–water partition coefficient (Wildman–Crippen LogP) is 2.73. The highest BCUT2D eigenvalue weighted by molar-refractivity contribution is 5.95. The Morgan fingerprint density at radius 2 is 2.04 bits per heavy atom. The summed E-state index contributed by atoms with van der Waals surface area (Å²) in [4.78, 5) is 34.8. The van der Waals surface area contributed by atoms with Crippen LogP contribution in [0.1, 0.15) is 12.0 Å². The molecule has 6 nitrogen and oxygen atoms in total. The molecule has 8 heteroatoms. The quantitative estimate of drug-likeness (QED) is 0.755. The maximum atomic E-state index is 13.7. The van der Waals surface area contributed by atoms with E-state index in [0.717, 1.165) is 6.20 Å². The Morgan fingerprint density at radius 1 is 1.27 bits per heavy atom. The van der Waals surface area contributed by atoms with Gasteiger partial charge in [-0.25, -0.2) is 13.8 Å². The number of alkyl halides is 1. The van der Waals surface area contributed by atoms with Crippen molar-refractivity contribution in [3.05, 3.63) is 52.5 Å². The number of aromatic amines is 1. The second-order valence-corrected chi connectivity index (χ2v) is 6.31. The minimum Gasteiger partial charge on any atom is -0.321 e. The van der Waals surface area contributed by atoms with Crippen LogP contribution in [0, 0.1) is 18.7 Å². The fourth-order valence-corrected chi connectivity index (χ4v) is 2.79. The van der Waals surface area contributed by atoms with Crippen LogP contribution in [-0.2, 0) is 4.79 Å². The van der Waals surface area contributed by atoms with Gasteiger partial charge in [-0.1, -0.05) is 0 Å². The van der Waals surface area contributed by atoms with E-state index in [1.165, 1.54) is 18.5 Å². The van der Waals surface area contributed by atoms with E-state index in [1.54, 1.807) is 13.0 Å². The molecule has 0 radical (unpaired) electrons. The summed E-state index contributed by atoms with van der Waals surface area (Å²) in [5.41, 5.74) is 1.04. The fourth-order valence-electron chi connectivity index (χ4n) is 2.79. The standard InChI is InChI=1S/C18H14F2N4O2/c1-8-12(6-21-7-14(8)20)10-2-9-5-22-16(4-15(9)23-17(10)25)24-18(26)11-3-13(11)19/h2,4-7,11,13H,3H2,1H3,(H,23,25)(H,22,24,26)/t11-,13-/m0/s1. The van der Waals surface area contributed by atoms with E-state index in [2.05, 4.69) is 20.3 Å². The Morgan fingerprint density at radius 3 is 2.77 bits per heavy atom. The molecule has 3 aromatic rings. The van der Waals surface area contributed by atoms with E-state index in [9.17, 15) is 18.4 Å². The topological polar surface area (TPSA) is 87.7 Å². The molecule has 2 atom stereocenters. The number of amides is 1. The van der Waals surface area contributed by atoms with Crippen molar-refractivity contribution < 1.29 is 13.6 Å². The lowest BCUT2D eigenvalue weighted by Gasteiger charge is -2.08. The molecule has 2 N–H and O–H groups in total. The first-order chi connectivity index (χ1) is 12.4. The predicted molar refractivity (Wildman–Crippen MR) is 91.9 cm³/mol. The van der Waals surface area contributed by atoms with Crippen LogP contribution in [0.15, 0.2) is 35.5 Å². The van der Waals surface area contributed by atoms with Gasteiger partial charge in [-0.05, 0) is 25.0 Å². The molecule has 1 aliphatic rings. The summed E-state index contributed by atoms with van der Waals surface area (Å²) in [6.45, 7) is 1.57. The zero-order valence-electron chi connectivity index (χ0n) is 13.7. The van der Waals surface area contributed by atoms with Crippen LogP contribution in [0.5, 0.6) is 0 Å². The van der Waals surface area contributed by atoms with Crippen molar-refractivity contribution in [2.75, 3.05) is 5.32 Å². The number of nitrogens with zero attached hydrogens (tertiary/aromatic N) is 2. The van der Waals surface area contributed by atoms with Crippen molar-refractivity contribution in [3.63, 3.8) is 0 Å². The number of hydrogen-bond acceptors (Lipinski definition) is 4. The Bertz CT molecular complexity index is 1100. The molecule has 0 aliphatic heterocycles. The highest BCUT2D eigenvalue weighted by atomic mass is 19.1. The van der Waals surface area contributed by atoms with Gasteiger partial charge in [-0.3, -0.25) is 14.6 Å². The van der Waals surface area contributed by atoms with Crippen LogP contribution in [0.2, 0.25) is 0 Å². The van der Waals surface area contributed by atoms with Gasteiger partial charge in [0, 0.05) is 35.0 Å². The summed E-state index contributed by atoms with van der Waals surface area (Å²) in [6, 6.07) is 3.10. The molecular weight excluding hydrogens is 342 g/mol. The number of halogens is 2. The van der Waals surface area contributed by atoms with Gasteiger partial charge in [0.1, 0.15) is 17.8 Å². The number of H-pyrrole nitrogens is 1. The summed E-state index contributed by atoms with van der Waals surface area (Å²) in [5, 5.41) is 3.14. The third-order valence-electron chi connectivity index (χ3n) is 4.47. The largest absolute Gasteiger partial charge is 0.321 e. The number of pyridine rings is 3. The molecule has 0 bridgehead atoms. The van der Waals surface area contributed by atoms with Crippen LogP contribution < -0.4 is 10.9 Å². The van der Waals surface area contributed by atoms with Crippen molar-refractivity contribution in [2.45, 2.75) is 19.5 Å². The Balaban J connectivity index is 1.72. The number of nitrogens with one attached hydrogen (secondary N) is 2. The average molecular weight is 356 g/mol. The van der Waals surface area contributed by atoms with Crippen LogP contribution in [0.25, 0.3) is 22.0 Å². The SMILES string of the molecule is Cc1c(F)cncc1-c1cc2cnc(NC(=O)[C@H]3C[C@@H]3F)cc2[nH]c1=O. The number of carbonyl (C=O) groups is 1. The van der Waals surface area contributed by atoms with E-state index in [-0.39, 0.29) is 17.8 Å². The maximum Gasteiger partial charge on any atom is 0.256 e. The molecule has 1 amide bonds. The molecule has 3 heterocycles. The summed E-state index contributed by atoms with van der Waals surface area (Å²) in [7, 11) is 0. The lowest BCUT2D eigenvalue weighted by Crippen LogP contribution is -2.16. The Kier molecular flexibility index (Phi) is 3.75. The van der Waals surface area contributed by atoms with Gasteiger partial charge >= 0.3 is 0 Å². The first kappa shape index (κ1) is 16.3. The second-order valence-electron chi connectivity index (χ2n) is 6.31. The molecule has 1 fully saturated rings. The smallest absolute Gasteiger partial charge is 0.256 e. The van der Waals surface area contributed by atoms with Crippen molar-refractivity contribution in [2.24, 2.45) is 5.92 Å². The summed E-state index contributed by atoms with van der Waals surface area (Å²) < 4.78 is 26.7. The average Bonchev–Trinajstić information content (AvgIpc) is 3.34. The Labute approximate surface area is 146 Å². The summed E-state index contributed by atoms with van der Waals surface area (Å²) >= 11 is 0. The van der Waals surface area contributed by atoms with Crippen LogP contribution in [0.4, 0.5) is 14.6 Å². The number of fused-ring (bicyclic) bond motifs is 1. The van der Waals surface area contributed by atoms with Crippen LogP contribution in [-0.4, -0.2) is 27.0 Å². The molecule has 0 saturated heterocycles. The Hall–Kier alpha value is -3.16. The zero-order chi connectivity index (χ0) is 18.4. The molecule has 0 aromatic carbocycles. The molecular formula is C18H14F2N4O2. The maximum absolute atomic E-state index is 13.7. The molecule has 0 unspecified atom stereocenters. The zero-order valence-corrected chi connectivity index (χ0v) is 13.7. The van der Waals surface area contributed by atoms with E-state index >= 15 is 0 Å². The molecule has 132 valence electrons. The molecule has 4 rings (SSSR count). The van der Waals surface area contributed by atoms with Crippen LogP contribution in [0.3, 0.4) is 0 Å². The van der Waals surface area contributed by atoms with E-state index in [1.807, 2.05) is 0 Å².